The molecule has 0 aromatic carbocycles. The van der Waals surface area contributed by atoms with Crippen molar-refractivity contribution in [3.05, 3.63) is 0 Å². The highest BCUT2D eigenvalue weighted by atomic mass is 35.5. The van der Waals surface area contributed by atoms with Gasteiger partial charge in [-0.15, -0.1) is 11.6 Å². The third-order valence-corrected chi connectivity index (χ3v) is 4.46. The molecule has 112 valence electrons. The van der Waals surface area contributed by atoms with Crippen LogP contribution >= 0.6 is 11.6 Å². The summed E-state index contributed by atoms with van der Waals surface area (Å²) in [5.74, 6) is 1.07. The van der Waals surface area contributed by atoms with E-state index in [9.17, 15) is 13.2 Å². The number of halogens is 1. The summed E-state index contributed by atoms with van der Waals surface area (Å²) < 4.78 is 32.4. The van der Waals surface area contributed by atoms with Crippen LogP contribution < -0.4 is 9.44 Å². The standard InChI is InChI=1S/C11H21ClN2O4S/c1-8(2)18-11(15)14-19(16,17)13-10-5-3-9(7-12)4-6-10/h8-10,13H,3-7H2,1-2H3,(H,14,15). The monoisotopic (exact) mass is 312 g/mol. The lowest BCUT2D eigenvalue weighted by Gasteiger charge is -2.27. The van der Waals surface area contributed by atoms with Crippen molar-refractivity contribution in [2.75, 3.05) is 5.88 Å². The van der Waals surface area contributed by atoms with Crippen LogP contribution in [-0.2, 0) is 14.9 Å². The van der Waals surface area contributed by atoms with Crippen LogP contribution in [0.15, 0.2) is 0 Å². The quantitative estimate of drug-likeness (QED) is 0.757. The van der Waals surface area contributed by atoms with Gasteiger partial charge in [0.1, 0.15) is 0 Å². The van der Waals surface area contributed by atoms with Crippen LogP contribution in [-0.4, -0.2) is 32.5 Å². The van der Waals surface area contributed by atoms with Crippen LogP contribution in [0.4, 0.5) is 4.79 Å². The first-order chi connectivity index (χ1) is 8.82. The molecule has 0 bridgehead atoms. The zero-order valence-electron chi connectivity index (χ0n) is 11.2. The summed E-state index contributed by atoms with van der Waals surface area (Å²) in [4.78, 5) is 11.2. The second-order valence-electron chi connectivity index (χ2n) is 5.05. The van der Waals surface area contributed by atoms with Crippen molar-refractivity contribution in [1.29, 1.82) is 0 Å². The Hall–Kier alpha value is -0.530. The average molecular weight is 313 g/mol. The van der Waals surface area contributed by atoms with Gasteiger partial charge >= 0.3 is 16.3 Å². The Morgan fingerprint density at radius 1 is 1.32 bits per heavy atom. The number of carbonyl (C=O) groups excluding carboxylic acids is 1. The van der Waals surface area contributed by atoms with Crippen molar-refractivity contribution in [2.24, 2.45) is 5.92 Å². The second kappa shape index (κ2) is 7.31. The summed E-state index contributed by atoms with van der Waals surface area (Å²) in [5.41, 5.74) is 0. The first-order valence-electron chi connectivity index (χ1n) is 6.39. The smallest absolute Gasteiger partial charge is 0.422 e. The van der Waals surface area contributed by atoms with Crippen LogP contribution in [0.2, 0.25) is 0 Å². The molecule has 8 heteroatoms. The minimum atomic E-state index is -3.86. The van der Waals surface area contributed by atoms with Crippen LogP contribution in [0.3, 0.4) is 0 Å². The molecule has 0 spiro atoms. The fraction of sp³-hybridized carbons (Fsp3) is 0.909. The van der Waals surface area contributed by atoms with Crippen molar-refractivity contribution in [3.8, 4) is 0 Å². The number of alkyl halides is 1. The van der Waals surface area contributed by atoms with Crippen LogP contribution in [0.5, 0.6) is 0 Å². The predicted octanol–water partition coefficient (Wildman–Crippen LogP) is 1.75. The SMILES string of the molecule is CC(C)OC(=O)NS(=O)(=O)NC1CCC(CCl)CC1. The van der Waals surface area contributed by atoms with E-state index in [-0.39, 0.29) is 12.1 Å². The lowest BCUT2D eigenvalue weighted by atomic mass is 9.88. The molecular weight excluding hydrogens is 292 g/mol. The second-order valence-corrected chi connectivity index (χ2v) is 6.80. The molecule has 0 aliphatic heterocycles. The molecular formula is C11H21ClN2O4S. The molecule has 1 aliphatic carbocycles. The summed E-state index contributed by atoms with van der Waals surface area (Å²) in [6, 6.07) is -0.149. The maximum absolute atomic E-state index is 11.7. The Kier molecular flexibility index (Phi) is 6.35. The Labute approximate surface area is 119 Å². The van der Waals surface area contributed by atoms with Crippen molar-refractivity contribution < 1.29 is 17.9 Å². The van der Waals surface area contributed by atoms with Gasteiger partial charge < -0.3 is 4.74 Å². The van der Waals surface area contributed by atoms with E-state index in [2.05, 4.69) is 4.72 Å². The minimum Gasteiger partial charge on any atom is -0.446 e. The normalized spacial score (nSPS) is 24.2. The van der Waals surface area contributed by atoms with Crippen LogP contribution in [0.1, 0.15) is 39.5 Å². The van der Waals surface area contributed by atoms with Crippen LogP contribution in [0, 0.1) is 5.92 Å². The van der Waals surface area contributed by atoms with E-state index in [1.807, 2.05) is 4.72 Å². The molecule has 1 fully saturated rings. The van der Waals surface area contributed by atoms with Gasteiger partial charge in [0.15, 0.2) is 0 Å². The highest BCUT2D eigenvalue weighted by Crippen LogP contribution is 2.25. The Morgan fingerprint density at radius 2 is 1.89 bits per heavy atom. The third kappa shape index (κ3) is 6.44. The minimum absolute atomic E-state index is 0.149. The number of carbonyl (C=O) groups is 1. The number of rotatable bonds is 5. The Bertz CT molecular complexity index is 391. The molecule has 0 heterocycles. The molecule has 1 saturated carbocycles. The summed E-state index contributed by atoms with van der Waals surface area (Å²) in [6.45, 7) is 3.29. The molecule has 6 nitrogen and oxygen atoms in total. The van der Waals surface area contributed by atoms with E-state index in [0.29, 0.717) is 11.8 Å². The number of amides is 1. The summed E-state index contributed by atoms with van der Waals surface area (Å²) in [7, 11) is -3.86. The topological polar surface area (TPSA) is 84.5 Å². The number of nitrogens with one attached hydrogen (secondary N) is 2. The largest absolute Gasteiger partial charge is 0.446 e. The van der Waals surface area contributed by atoms with E-state index < -0.39 is 16.3 Å². The summed E-state index contributed by atoms with van der Waals surface area (Å²) in [6.07, 6.45) is 1.93. The molecule has 0 unspecified atom stereocenters. The molecule has 1 rings (SSSR count). The molecule has 0 atom stereocenters. The molecule has 0 aromatic rings. The molecule has 1 aliphatic rings. The van der Waals surface area contributed by atoms with Gasteiger partial charge in [0.2, 0.25) is 0 Å². The molecule has 0 aromatic heterocycles. The maximum atomic E-state index is 11.7. The zero-order valence-corrected chi connectivity index (χ0v) is 12.8. The number of hydrogen-bond donors (Lipinski definition) is 2. The van der Waals surface area contributed by atoms with Gasteiger partial charge in [0.05, 0.1) is 6.10 Å². The molecule has 1 amide bonds. The van der Waals surface area contributed by atoms with Gasteiger partial charge in [0.25, 0.3) is 0 Å². The van der Waals surface area contributed by atoms with Crippen molar-refractivity contribution >= 4 is 27.9 Å². The predicted molar refractivity (Wildman–Crippen MR) is 73.3 cm³/mol. The van der Waals surface area contributed by atoms with Crippen LogP contribution in [0.25, 0.3) is 0 Å². The zero-order chi connectivity index (χ0) is 14.5. The van der Waals surface area contributed by atoms with E-state index in [1.165, 1.54) is 0 Å². The fourth-order valence-electron chi connectivity index (χ4n) is 2.03. The summed E-state index contributed by atoms with van der Waals surface area (Å²) in [5, 5.41) is 0. The Morgan fingerprint density at radius 3 is 2.37 bits per heavy atom. The first kappa shape index (κ1) is 16.5. The van der Waals surface area contributed by atoms with Gasteiger partial charge in [-0.25, -0.2) is 9.52 Å². The van der Waals surface area contributed by atoms with Gasteiger partial charge in [-0.1, -0.05) is 0 Å². The highest BCUT2D eigenvalue weighted by molar-refractivity contribution is 7.88. The fourth-order valence-corrected chi connectivity index (χ4v) is 3.34. The lowest BCUT2D eigenvalue weighted by Crippen LogP contribution is -2.46. The Balaban J connectivity index is 2.41. The van der Waals surface area contributed by atoms with Gasteiger partial charge in [-0.05, 0) is 45.4 Å². The number of ether oxygens (including phenoxy) is 1. The van der Waals surface area contributed by atoms with E-state index in [0.717, 1.165) is 25.7 Å². The summed E-state index contributed by atoms with van der Waals surface area (Å²) >= 11 is 5.77. The molecule has 2 N–H and O–H groups in total. The number of hydrogen-bond acceptors (Lipinski definition) is 4. The third-order valence-electron chi connectivity index (χ3n) is 2.95. The average Bonchev–Trinajstić information content (AvgIpc) is 2.27. The van der Waals surface area contributed by atoms with Crippen molar-refractivity contribution in [1.82, 2.24) is 9.44 Å². The molecule has 19 heavy (non-hydrogen) atoms. The van der Waals surface area contributed by atoms with E-state index in [1.54, 1.807) is 13.8 Å². The van der Waals surface area contributed by atoms with E-state index in [4.69, 9.17) is 16.3 Å². The van der Waals surface area contributed by atoms with Crippen molar-refractivity contribution in [2.45, 2.75) is 51.7 Å². The maximum Gasteiger partial charge on any atom is 0.422 e. The molecule has 0 radical (unpaired) electrons. The first-order valence-corrected chi connectivity index (χ1v) is 8.41. The highest BCUT2D eigenvalue weighted by Gasteiger charge is 2.25. The molecule has 0 saturated heterocycles. The lowest BCUT2D eigenvalue weighted by molar-refractivity contribution is 0.121. The van der Waals surface area contributed by atoms with Gasteiger partial charge in [-0.3, -0.25) is 0 Å². The van der Waals surface area contributed by atoms with Crippen molar-refractivity contribution in [3.63, 3.8) is 0 Å². The van der Waals surface area contributed by atoms with Gasteiger partial charge in [0, 0.05) is 11.9 Å². The van der Waals surface area contributed by atoms with E-state index >= 15 is 0 Å². The van der Waals surface area contributed by atoms with Gasteiger partial charge in [-0.2, -0.15) is 13.1 Å².